The third kappa shape index (κ3) is 4.34. The summed E-state index contributed by atoms with van der Waals surface area (Å²) in [6.07, 6.45) is 1.09. The normalized spacial score (nSPS) is 11.7. The van der Waals surface area contributed by atoms with Crippen molar-refractivity contribution < 1.29 is 4.79 Å². The van der Waals surface area contributed by atoms with Gasteiger partial charge in [-0.15, -0.1) is 11.3 Å². The Kier molecular flexibility index (Phi) is 5.71. The Morgan fingerprint density at radius 2 is 1.76 bits per heavy atom. The Hall–Kier alpha value is -3.66. The average Bonchev–Trinajstić information content (AvgIpc) is 3.23. The fraction of sp³-hybridized carbons (Fsp3) is 0.304. The molecule has 0 spiro atoms. The number of carbonyl (C=O) groups is 1. The van der Waals surface area contributed by atoms with Gasteiger partial charge in [0.25, 0.3) is 5.56 Å². The number of fused-ring (bicyclic) bond motifs is 1. The highest BCUT2D eigenvalue weighted by atomic mass is 32.1. The van der Waals surface area contributed by atoms with Crippen molar-refractivity contribution in [3.8, 4) is 11.3 Å². The average molecular weight is 465 g/mol. The zero-order chi connectivity index (χ0) is 23.9. The van der Waals surface area contributed by atoms with E-state index < -0.39 is 11.2 Å². The summed E-state index contributed by atoms with van der Waals surface area (Å²) >= 11 is 1.32. The molecule has 0 bridgehead atoms. The molecule has 0 aliphatic carbocycles. The summed E-state index contributed by atoms with van der Waals surface area (Å²) in [7, 11) is 2.90. The molecule has 0 aliphatic heterocycles. The fourth-order valence-electron chi connectivity index (χ4n) is 3.51. The third-order valence-electron chi connectivity index (χ3n) is 5.44. The maximum atomic E-state index is 12.7. The van der Waals surface area contributed by atoms with Gasteiger partial charge in [-0.3, -0.25) is 18.7 Å². The molecular weight excluding hydrogens is 440 g/mol. The lowest BCUT2D eigenvalue weighted by Crippen LogP contribution is -2.38. The van der Waals surface area contributed by atoms with E-state index in [1.54, 1.807) is 0 Å². The second-order valence-corrected chi connectivity index (χ2v) is 9.67. The first kappa shape index (κ1) is 22.5. The number of thiazole rings is 1. The zero-order valence-electron chi connectivity index (χ0n) is 19.0. The van der Waals surface area contributed by atoms with Crippen LogP contribution in [0, 0.1) is 0 Å². The van der Waals surface area contributed by atoms with Gasteiger partial charge < -0.3 is 5.32 Å². The van der Waals surface area contributed by atoms with Crippen molar-refractivity contribution in [2.24, 2.45) is 14.1 Å². The van der Waals surface area contributed by atoms with Crippen LogP contribution in [-0.2, 0) is 30.7 Å². The van der Waals surface area contributed by atoms with E-state index in [4.69, 9.17) is 0 Å². The Labute approximate surface area is 193 Å². The van der Waals surface area contributed by atoms with Crippen LogP contribution in [0.4, 0.5) is 5.13 Å². The van der Waals surface area contributed by atoms with Gasteiger partial charge in [0.05, 0.1) is 17.8 Å². The van der Waals surface area contributed by atoms with Crippen molar-refractivity contribution >= 4 is 33.4 Å². The lowest BCUT2D eigenvalue weighted by Gasteiger charge is -2.18. The Morgan fingerprint density at radius 3 is 2.42 bits per heavy atom. The molecule has 0 aliphatic rings. The SMILES string of the molecule is Cn1c(=O)c2c(CC(=O)Nc3nc(-c4ccc(C(C)(C)C)cc4)cs3)ncnc2n(C)c1=O. The highest BCUT2D eigenvalue weighted by Crippen LogP contribution is 2.28. The van der Waals surface area contributed by atoms with Crippen molar-refractivity contribution in [1.82, 2.24) is 24.1 Å². The van der Waals surface area contributed by atoms with Crippen LogP contribution in [0.2, 0.25) is 0 Å². The van der Waals surface area contributed by atoms with Crippen LogP contribution < -0.4 is 16.6 Å². The minimum atomic E-state index is -0.535. The highest BCUT2D eigenvalue weighted by Gasteiger charge is 2.18. The van der Waals surface area contributed by atoms with Crippen molar-refractivity contribution in [3.63, 3.8) is 0 Å². The minimum absolute atomic E-state index is 0.0677. The van der Waals surface area contributed by atoms with Crippen molar-refractivity contribution in [1.29, 1.82) is 0 Å². The number of amides is 1. The number of aromatic nitrogens is 5. The molecule has 1 amide bonds. The maximum absolute atomic E-state index is 12.7. The molecule has 0 saturated heterocycles. The summed E-state index contributed by atoms with van der Waals surface area (Å²) < 4.78 is 2.24. The number of hydrogen-bond acceptors (Lipinski definition) is 7. The molecule has 0 fully saturated rings. The summed E-state index contributed by atoms with van der Waals surface area (Å²) in [5, 5.41) is 5.26. The maximum Gasteiger partial charge on any atom is 0.332 e. The third-order valence-corrected chi connectivity index (χ3v) is 6.20. The summed E-state index contributed by atoms with van der Waals surface area (Å²) in [4.78, 5) is 50.2. The lowest BCUT2D eigenvalue weighted by atomic mass is 9.86. The van der Waals surface area contributed by atoms with Gasteiger partial charge in [-0.2, -0.15) is 0 Å². The molecule has 1 aromatic carbocycles. The number of nitrogens with zero attached hydrogens (tertiary/aromatic N) is 5. The second-order valence-electron chi connectivity index (χ2n) is 8.81. The molecule has 0 saturated carbocycles. The quantitative estimate of drug-likeness (QED) is 0.497. The number of hydrogen-bond donors (Lipinski definition) is 1. The van der Waals surface area contributed by atoms with E-state index in [1.165, 1.54) is 41.9 Å². The van der Waals surface area contributed by atoms with Crippen LogP contribution in [0.1, 0.15) is 32.0 Å². The van der Waals surface area contributed by atoms with Crippen LogP contribution in [0.25, 0.3) is 22.3 Å². The Balaban J connectivity index is 1.55. The predicted molar refractivity (Wildman–Crippen MR) is 129 cm³/mol. The molecule has 10 heteroatoms. The highest BCUT2D eigenvalue weighted by molar-refractivity contribution is 7.14. The molecule has 0 unspecified atom stereocenters. The lowest BCUT2D eigenvalue weighted by molar-refractivity contribution is -0.115. The van der Waals surface area contributed by atoms with Gasteiger partial charge in [0.15, 0.2) is 10.8 Å². The van der Waals surface area contributed by atoms with Crippen LogP contribution in [0.15, 0.2) is 45.6 Å². The summed E-state index contributed by atoms with van der Waals surface area (Å²) in [5.41, 5.74) is 2.45. The van der Waals surface area contributed by atoms with Crippen LogP contribution in [0.3, 0.4) is 0 Å². The van der Waals surface area contributed by atoms with Crippen molar-refractivity contribution in [2.75, 3.05) is 5.32 Å². The van der Waals surface area contributed by atoms with Crippen LogP contribution >= 0.6 is 11.3 Å². The molecule has 170 valence electrons. The van der Waals surface area contributed by atoms with Gasteiger partial charge >= 0.3 is 5.69 Å². The number of nitrogens with one attached hydrogen (secondary N) is 1. The van der Waals surface area contributed by atoms with Gasteiger partial charge in [0, 0.05) is 25.0 Å². The molecule has 33 heavy (non-hydrogen) atoms. The minimum Gasteiger partial charge on any atom is -0.302 e. The largest absolute Gasteiger partial charge is 0.332 e. The zero-order valence-corrected chi connectivity index (χ0v) is 19.9. The molecular formula is C23H24N6O3S. The Morgan fingerprint density at radius 1 is 1.06 bits per heavy atom. The standard InChI is InChI=1S/C23H24N6O3S/c1-23(2,3)14-8-6-13(7-9-14)16-11-33-21(26-16)27-17(30)10-15-18-19(25-12-24-15)28(4)22(32)29(5)20(18)31/h6-9,11-12H,10H2,1-5H3,(H,26,27,30). The summed E-state index contributed by atoms with van der Waals surface area (Å²) in [6, 6.07) is 8.21. The molecule has 4 aromatic rings. The van der Waals surface area contributed by atoms with Crippen molar-refractivity contribution in [2.45, 2.75) is 32.6 Å². The second kappa shape index (κ2) is 8.36. The van der Waals surface area contributed by atoms with E-state index in [1.807, 2.05) is 17.5 Å². The molecule has 0 atom stereocenters. The van der Waals surface area contributed by atoms with Gasteiger partial charge in [0.1, 0.15) is 11.7 Å². The topological polar surface area (TPSA) is 112 Å². The summed E-state index contributed by atoms with van der Waals surface area (Å²) in [6.45, 7) is 6.48. The smallest absolute Gasteiger partial charge is 0.302 e. The van der Waals surface area contributed by atoms with Crippen molar-refractivity contribution in [3.05, 3.63) is 68.1 Å². The first-order chi connectivity index (χ1) is 15.6. The Bertz CT molecular complexity index is 1480. The molecule has 0 radical (unpaired) electrons. The van der Waals surface area contributed by atoms with Gasteiger partial charge in [-0.1, -0.05) is 45.0 Å². The molecule has 1 N–H and O–H groups in total. The summed E-state index contributed by atoms with van der Waals surface area (Å²) in [5.74, 6) is -0.366. The number of rotatable bonds is 4. The van der Waals surface area contributed by atoms with Gasteiger partial charge in [-0.05, 0) is 11.0 Å². The monoisotopic (exact) mass is 464 g/mol. The molecule has 4 rings (SSSR count). The van der Waals surface area contributed by atoms with E-state index in [0.29, 0.717) is 5.13 Å². The van der Waals surface area contributed by atoms with Crippen LogP contribution in [-0.4, -0.2) is 30.0 Å². The van der Waals surface area contributed by atoms with E-state index in [2.05, 4.69) is 53.2 Å². The predicted octanol–water partition coefficient (Wildman–Crippen LogP) is 2.63. The molecule has 3 aromatic heterocycles. The van der Waals surface area contributed by atoms with E-state index in [0.717, 1.165) is 15.8 Å². The number of benzene rings is 1. The number of aryl methyl sites for hydroxylation is 1. The number of carbonyl (C=O) groups excluding carboxylic acids is 1. The first-order valence-corrected chi connectivity index (χ1v) is 11.2. The van der Waals surface area contributed by atoms with Gasteiger partial charge in [0.2, 0.25) is 5.91 Å². The van der Waals surface area contributed by atoms with E-state index in [9.17, 15) is 14.4 Å². The fourth-order valence-corrected chi connectivity index (χ4v) is 4.25. The molecule has 3 heterocycles. The van der Waals surface area contributed by atoms with Crippen LogP contribution in [0.5, 0.6) is 0 Å². The molecule has 9 nitrogen and oxygen atoms in total. The van der Waals surface area contributed by atoms with Gasteiger partial charge in [-0.25, -0.2) is 19.7 Å². The van der Waals surface area contributed by atoms with E-state index in [-0.39, 0.29) is 34.5 Å². The van der Waals surface area contributed by atoms with E-state index >= 15 is 0 Å². The number of anilines is 1. The first-order valence-electron chi connectivity index (χ1n) is 10.3.